The number of carbonyl (C=O) groups is 1. The van der Waals surface area contributed by atoms with Crippen molar-refractivity contribution in [3.63, 3.8) is 0 Å². The van der Waals surface area contributed by atoms with Crippen LogP contribution in [0.4, 0.5) is 0 Å². The Morgan fingerprint density at radius 2 is 1.95 bits per heavy atom. The van der Waals surface area contributed by atoms with Gasteiger partial charge in [-0.05, 0) is 28.5 Å². The molecule has 0 amide bonds. The molecule has 0 N–H and O–H groups in total. The first kappa shape index (κ1) is 12.4. The molecule has 0 unspecified atom stereocenters. The summed E-state index contributed by atoms with van der Waals surface area (Å²) in [5.41, 5.74) is 1.62. The van der Waals surface area contributed by atoms with Gasteiger partial charge >= 0.3 is 0 Å². The van der Waals surface area contributed by atoms with Crippen LogP contribution >= 0.6 is 0 Å². The highest BCUT2D eigenvalue weighted by Crippen LogP contribution is 2.16. The largest absolute Gasteiger partial charge is 0.289 e. The Morgan fingerprint density at radius 3 is 2.70 bits per heavy atom. The molecule has 0 radical (unpaired) electrons. The molecule has 20 heavy (non-hydrogen) atoms. The number of aryl methyl sites for hydroxylation is 1. The van der Waals surface area contributed by atoms with E-state index >= 15 is 0 Å². The molecule has 1 heterocycles. The van der Waals surface area contributed by atoms with Crippen LogP contribution in [-0.2, 0) is 7.05 Å². The van der Waals surface area contributed by atoms with Crippen molar-refractivity contribution < 1.29 is 4.79 Å². The number of benzene rings is 2. The summed E-state index contributed by atoms with van der Waals surface area (Å²) < 4.78 is 1.62. The monoisotopic (exact) mass is 262 g/mol. The molecule has 0 aliphatic rings. The van der Waals surface area contributed by atoms with Crippen molar-refractivity contribution in [1.29, 1.82) is 0 Å². The zero-order chi connectivity index (χ0) is 13.9. The fourth-order valence-electron chi connectivity index (χ4n) is 2.13. The third-order valence-corrected chi connectivity index (χ3v) is 3.19. The van der Waals surface area contributed by atoms with Crippen molar-refractivity contribution in [3.05, 3.63) is 72.1 Å². The SMILES string of the molecule is Cn1cc(C(=O)/C=C/c2ccc3ccccc3c2)cn1. The Labute approximate surface area is 117 Å². The molecule has 0 aliphatic carbocycles. The van der Waals surface area contributed by atoms with Crippen LogP contribution in [0.2, 0.25) is 0 Å². The Hall–Kier alpha value is -2.68. The van der Waals surface area contributed by atoms with Crippen molar-refractivity contribution in [3.8, 4) is 0 Å². The lowest BCUT2D eigenvalue weighted by molar-refractivity contribution is 0.104. The number of aromatic nitrogens is 2. The van der Waals surface area contributed by atoms with Gasteiger partial charge in [0.1, 0.15) is 0 Å². The van der Waals surface area contributed by atoms with Gasteiger partial charge in [0.25, 0.3) is 0 Å². The van der Waals surface area contributed by atoms with Crippen molar-refractivity contribution in [2.24, 2.45) is 7.05 Å². The van der Waals surface area contributed by atoms with Crippen LogP contribution in [0.3, 0.4) is 0 Å². The predicted octanol–water partition coefficient (Wildman–Crippen LogP) is 3.47. The second kappa shape index (κ2) is 5.13. The first-order valence-corrected chi connectivity index (χ1v) is 6.42. The number of hydrogen-bond acceptors (Lipinski definition) is 2. The van der Waals surface area contributed by atoms with Gasteiger partial charge in [0.15, 0.2) is 5.78 Å². The molecule has 0 aliphatic heterocycles. The second-order valence-electron chi connectivity index (χ2n) is 4.71. The lowest BCUT2D eigenvalue weighted by atomic mass is 10.1. The van der Waals surface area contributed by atoms with Crippen LogP contribution < -0.4 is 0 Å². The Balaban J connectivity index is 1.85. The quantitative estimate of drug-likeness (QED) is 0.535. The molecule has 3 rings (SSSR count). The third kappa shape index (κ3) is 2.52. The zero-order valence-corrected chi connectivity index (χ0v) is 11.2. The topological polar surface area (TPSA) is 34.9 Å². The maximum absolute atomic E-state index is 12.0. The standard InChI is InChI=1S/C17H14N2O/c1-19-12-16(11-18-19)17(20)9-7-13-6-8-14-4-2-3-5-15(14)10-13/h2-12H,1H3/b9-7+. The van der Waals surface area contributed by atoms with E-state index in [1.807, 2.05) is 24.3 Å². The molecule has 0 saturated carbocycles. The summed E-state index contributed by atoms with van der Waals surface area (Å²) in [5, 5.41) is 6.36. The van der Waals surface area contributed by atoms with E-state index in [1.165, 1.54) is 10.8 Å². The number of rotatable bonds is 3. The van der Waals surface area contributed by atoms with E-state index in [2.05, 4.69) is 29.4 Å². The van der Waals surface area contributed by atoms with Crippen LogP contribution in [0.5, 0.6) is 0 Å². The third-order valence-electron chi connectivity index (χ3n) is 3.19. The van der Waals surface area contributed by atoms with Crippen LogP contribution in [0.25, 0.3) is 16.8 Å². The first-order valence-electron chi connectivity index (χ1n) is 6.42. The molecule has 3 nitrogen and oxygen atoms in total. The minimum Gasteiger partial charge on any atom is -0.289 e. The minimum atomic E-state index is -0.0359. The summed E-state index contributed by atoms with van der Waals surface area (Å²) in [6.07, 6.45) is 6.71. The summed E-state index contributed by atoms with van der Waals surface area (Å²) >= 11 is 0. The van der Waals surface area contributed by atoms with Gasteiger partial charge in [-0.25, -0.2) is 0 Å². The number of fused-ring (bicyclic) bond motifs is 1. The van der Waals surface area contributed by atoms with Crippen LogP contribution in [0.15, 0.2) is 60.9 Å². The van der Waals surface area contributed by atoms with E-state index < -0.39 is 0 Å². The molecular weight excluding hydrogens is 248 g/mol. The Kier molecular flexibility index (Phi) is 3.17. The summed E-state index contributed by atoms with van der Waals surface area (Å²) in [7, 11) is 1.80. The Morgan fingerprint density at radius 1 is 1.15 bits per heavy atom. The fraction of sp³-hybridized carbons (Fsp3) is 0.0588. The van der Waals surface area contributed by atoms with Gasteiger partial charge in [-0.3, -0.25) is 9.48 Å². The molecule has 3 aromatic rings. The molecule has 0 fully saturated rings. The average molecular weight is 262 g/mol. The van der Waals surface area contributed by atoms with Gasteiger partial charge in [-0.1, -0.05) is 42.5 Å². The Bertz CT molecular complexity index is 799. The fourth-order valence-corrected chi connectivity index (χ4v) is 2.13. The van der Waals surface area contributed by atoms with Crippen molar-refractivity contribution in [1.82, 2.24) is 9.78 Å². The highest BCUT2D eigenvalue weighted by molar-refractivity contribution is 6.06. The number of nitrogens with zero attached hydrogens (tertiary/aromatic N) is 2. The van der Waals surface area contributed by atoms with Crippen LogP contribution in [0, 0.1) is 0 Å². The van der Waals surface area contributed by atoms with Gasteiger partial charge in [0.2, 0.25) is 0 Å². The summed E-state index contributed by atoms with van der Waals surface area (Å²) in [4.78, 5) is 12.0. The van der Waals surface area contributed by atoms with Crippen molar-refractivity contribution >= 4 is 22.6 Å². The first-order chi connectivity index (χ1) is 9.72. The smallest absolute Gasteiger partial charge is 0.189 e. The minimum absolute atomic E-state index is 0.0359. The predicted molar refractivity (Wildman–Crippen MR) is 80.5 cm³/mol. The van der Waals surface area contributed by atoms with Crippen LogP contribution in [0.1, 0.15) is 15.9 Å². The van der Waals surface area contributed by atoms with Gasteiger partial charge in [0, 0.05) is 13.2 Å². The van der Waals surface area contributed by atoms with Gasteiger partial charge in [-0.2, -0.15) is 5.10 Å². The average Bonchev–Trinajstić information content (AvgIpc) is 2.91. The van der Waals surface area contributed by atoms with Gasteiger partial charge in [0.05, 0.1) is 11.8 Å². The van der Waals surface area contributed by atoms with E-state index in [4.69, 9.17) is 0 Å². The molecule has 0 atom stereocenters. The highest BCUT2D eigenvalue weighted by atomic mass is 16.1. The lowest BCUT2D eigenvalue weighted by Crippen LogP contribution is -1.91. The molecule has 0 spiro atoms. The molecule has 0 bridgehead atoms. The van der Waals surface area contributed by atoms with Gasteiger partial charge in [-0.15, -0.1) is 0 Å². The van der Waals surface area contributed by atoms with E-state index in [0.717, 1.165) is 5.56 Å². The number of allylic oxidation sites excluding steroid dienone is 1. The molecule has 0 saturated heterocycles. The maximum Gasteiger partial charge on any atom is 0.189 e. The van der Waals surface area contributed by atoms with E-state index in [-0.39, 0.29) is 5.78 Å². The molecular formula is C17H14N2O. The van der Waals surface area contributed by atoms with Crippen LogP contribution in [-0.4, -0.2) is 15.6 Å². The lowest BCUT2D eigenvalue weighted by Gasteiger charge is -1.98. The van der Waals surface area contributed by atoms with E-state index in [1.54, 1.807) is 30.2 Å². The van der Waals surface area contributed by atoms with E-state index in [9.17, 15) is 4.79 Å². The summed E-state index contributed by atoms with van der Waals surface area (Å²) in [6, 6.07) is 14.3. The zero-order valence-electron chi connectivity index (χ0n) is 11.2. The molecule has 2 aromatic carbocycles. The molecule has 98 valence electrons. The normalized spacial score (nSPS) is 11.2. The second-order valence-corrected chi connectivity index (χ2v) is 4.71. The van der Waals surface area contributed by atoms with Crippen molar-refractivity contribution in [2.45, 2.75) is 0 Å². The van der Waals surface area contributed by atoms with E-state index in [0.29, 0.717) is 5.56 Å². The number of ketones is 1. The molecule has 3 heteroatoms. The highest BCUT2D eigenvalue weighted by Gasteiger charge is 2.03. The molecule has 1 aromatic heterocycles. The van der Waals surface area contributed by atoms with Gasteiger partial charge < -0.3 is 0 Å². The maximum atomic E-state index is 12.0. The summed E-state index contributed by atoms with van der Waals surface area (Å²) in [5.74, 6) is -0.0359. The summed E-state index contributed by atoms with van der Waals surface area (Å²) in [6.45, 7) is 0. The van der Waals surface area contributed by atoms with Crippen molar-refractivity contribution in [2.75, 3.05) is 0 Å². The number of hydrogen-bond donors (Lipinski definition) is 0. The number of carbonyl (C=O) groups excluding carboxylic acids is 1.